The summed E-state index contributed by atoms with van der Waals surface area (Å²) in [6, 6.07) is 0.616. The highest BCUT2D eigenvalue weighted by atomic mass is 19.1. The number of halogens is 1. The number of nitrogens with zero attached hydrogens (tertiary/aromatic N) is 1. The lowest BCUT2D eigenvalue weighted by atomic mass is 9.84. The average molecular weight is 676 g/mol. The summed E-state index contributed by atoms with van der Waals surface area (Å²) in [5, 5.41) is 10.6. The van der Waals surface area contributed by atoms with Crippen LogP contribution in [0.3, 0.4) is 0 Å². The Hall–Kier alpha value is -4.03. The molecule has 1 fully saturated rings. The van der Waals surface area contributed by atoms with Crippen LogP contribution in [0, 0.1) is 29.0 Å². The van der Waals surface area contributed by atoms with E-state index in [1.165, 1.54) is 29.2 Å². The van der Waals surface area contributed by atoms with E-state index in [0.717, 1.165) is 0 Å². The van der Waals surface area contributed by atoms with Gasteiger partial charge in [-0.1, -0.05) is 73.9 Å². The molecule has 12 nitrogen and oxygen atoms in total. The molecule has 0 spiro atoms. The SMILES string of the molecule is CCCC(NC(=O)[C@@H]1[C@@H](C(C)C)CCN1C(=O)[C@@H](NC(=O)N[C@H](C(=O)OCc1ccc(F)cc1)C(C)C)C(C)(C)C)C(=O)C(=O)NCC. The van der Waals surface area contributed by atoms with Crippen LogP contribution in [0.2, 0.25) is 0 Å². The summed E-state index contributed by atoms with van der Waals surface area (Å²) < 4.78 is 18.6. The standard InChI is InChI=1S/C35H54FN5O7/c1-10-12-25(28(42)31(44)37-11-2)38-30(43)27-24(20(3)4)17-18-41(27)32(45)29(35(7,8)9)40-34(47)39-26(21(5)6)33(46)48-19-22-13-15-23(36)16-14-22/h13-16,20-21,24-27,29H,10-12,17-19H2,1-9H3,(H,37,44)(H,38,43)(H2,39,40,47)/t24-,25?,26+,27+,29-/m1/s1. The van der Waals surface area contributed by atoms with E-state index in [9.17, 15) is 33.2 Å². The van der Waals surface area contributed by atoms with Gasteiger partial charge >= 0.3 is 12.0 Å². The zero-order chi connectivity index (χ0) is 36.3. The van der Waals surface area contributed by atoms with Gasteiger partial charge in [0.25, 0.3) is 5.91 Å². The Morgan fingerprint density at radius 3 is 2.10 bits per heavy atom. The van der Waals surface area contributed by atoms with E-state index >= 15 is 0 Å². The number of rotatable bonds is 15. The maximum absolute atomic E-state index is 14.2. The van der Waals surface area contributed by atoms with Gasteiger partial charge in [0.2, 0.25) is 17.6 Å². The number of esters is 1. The van der Waals surface area contributed by atoms with Crippen molar-refractivity contribution in [3.63, 3.8) is 0 Å². The molecule has 4 N–H and O–H groups in total. The van der Waals surface area contributed by atoms with Crippen molar-refractivity contribution in [2.45, 2.75) is 112 Å². The smallest absolute Gasteiger partial charge is 0.329 e. The number of carbonyl (C=O) groups is 6. The summed E-state index contributed by atoms with van der Waals surface area (Å²) in [5.41, 5.74) is -0.227. The highest BCUT2D eigenvalue weighted by molar-refractivity contribution is 6.38. The van der Waals surface area contributed by atoms with Crippen LogP contribution in [0.15, 0.2) is 24.3 Å². The molecule has 2 rings (SSSR count). The minimum Gasteiger partial charge on any atom is -0.459 e. The molecule has 1 unspecified atom stereocenters. The number of urea groups is 1. The van der Waals surface area contributed by atoms with Crippen LogP contribution < -0.4 is 21.3 Å². The molecule has 268 valence electrons. The summed E-state index contributed by atoms with van der Waals surface area (Å²) in [5.74, 6) is -4.23. The quantitative estimate of drug-likeness (QED) is 0.163. The van der Waals surface area contributed by atoms with Gasteiger partial charge in [0, 0.05) is 13.1 Å². The Bertz CT molecular complexity index is 1290. The average Bonchev–Trinajstić information content (AvgIpc) is 3.46. The van der Waals surface area contributed by atoms with Crippen molar-refractivity contribution >= 4 is 35.5 Å². The number of amides is 5. The van der Waals surface area contributed by atoms with Crippen molar-refractivity contribution in [2.24, 2.45) is 23.2 Å². The summed E-state index contributed by atoms with van der Waals surface area (Å²) in [4.78, 5) is 81.0. The summed E-state index contributed by atoms with van der Waals surface area (Å²) in [7, 11) is 0. The third-order valence-corrected chi connectivity index (χ3v) is 8.51. The predicted octanol–water partition coefficient (Wildman–Crippen LogP) is 3.47. The lowest BCUT2D eigenvalue weighted by molar-refractivity contribution is -0.148. The molecule has 0 radical (unpaired) electrons. The number of hydrogen-bond donors (Lipinski definition) is 4. The van der Waals surface area contributed by atoms with Crippen molar-refractivity contribution < 1.29 is 37.9 Å². The van der Waals surface area contributed by atoms with Crippen LogP contribution in [0.4, 0.5) is 9.18 Å². The van der Waals surface area contributed by atoms with E-state index < -0.39 is 70.9 Å². The van der Waals surface area contributed by atoms with Crippen molar-refractivity contribution in [2.75, 3.05) is 13.1 Å². The van der Waals surface area contributed by atoms with E-state index in [1.54, 1.807) is 41.5 Å². The van der Waals surface area contributed by atoms with E-state index in [0.29, 0.717) is 18.4 Å². The fourth-order valence-electron chi connectivity index (χ4n) is 5.77. The first-order valence-corrected chi connectivity index (χ1v) is 16.8. The number of benzene rings is 1. The molecule has 1 heterocycles. The molecular weight excluding hydrogens is 621 g/mol. The second kappa shape index (κ2) is 17.9. The maximum Gasteiger partial charge on any atom is 0.329 e. The molecule has 0 saturated carbocycles. The minimum atomic E-state index is -1.09. The number of ketones is 1. The molecule has 1 aromatic rings. The number of carbonyl (C=O) groups excluding carboxylic acids is 6. The molecule has 1 saturated heterocycles. The maximum atomic E-state index is 14.2. The van der Waals surface area contributed by atoms with Gasteiger partial charge in [0.1, 0.15) is 30.5 Å². The number of ether oxygens (including phenoxy) is 1. The fourth-order valence-corrected chi connectivity index (χ4v) is 5.77. The Labute approximate surface area is 283 Å². The van der Waals surface area contributed by atoms with Gasteiger partial charge in [0.15, 0.2) is 0 Å². The fraction of sp³-hybridized carbons (Fsp3) is 0.657. The number of likely N-dealkylation sites (N-methyl/N-ethyl adjacent to an activating group) is 1. The summed E-state index contributed by atoms with van der Waals surface area (Å²) >= 11 is 0. The van der Waals surface area contributed by atoms with Gasteiger partial charge in [-0.05, 0) is 60.6 Å². The molecule has 5 amide bonds. The molecule has 48 heavy (non-hydrogen) atoms. The predicted molar refractivity (Wildman–Crippen MR) is 179 cm³/mol. The number of nitrogens with one attached hydrogen (secondary N) is 4. The third-order valence-electron chi connectivity index (χ3n) is 8.51. The van der Waals surface area contributed by atoms with E-state index in [4.69, 9.17) is 4.74 Å². The summed E-state index contributed by atoms with van der Waals surface area (Å²) in [6.07, 6.45) is 1.33. The van der Waals surface area contributed by atoms with Crippen molar-refractivity contribution in [3.8, 4) is 0 Å². The van der Waals surface area contributed by atoms with Crippen molar-refractivity contribution in [1.82, 2.24) is 26.2 Å². The first-order valence-electron chi connectivity index (χ1n) is 16.8. The zero-order valence-electron chi connectivity index (χ0n) is 29.8. The van der Waals surface area contributed by atoms with Crippen molar-refractivity contribution in [1.29, 1.82) is 0 Å². The van der Waals surface area contributed by atoms with Gasteiger partial charge in [-0.2, -0.15) is 0 Å². The summed E-state index contributed by atoms with van der Waals surface area (Å²) in [6.45, 7) is 16.7. The van der Waals surface area contributed by atoms with Crippen LogP contribution in [-0.4, -0.2) is 77.7 Å². The molecule has 13 heteroatoms. The lowest BCUT2D eigenvalue weighted by Gasteiger charge is -2.37. The van der Waals surface area contributed by atoms with Crippen LogP contribution in [0.1, 0.15) is 87.1 Å². The topological polar surface area (TPSA) is 163 Å². The molecule has 1 aliphatic rings. The normalized spacial score (nSPS) is 18.1. The largest absolute Gasteiger partial charge is 0.459 e. The van der Waals surface area contributed by atoms with Crippen LogP contribution >= 0.6 is 0 Å². The first kappa shape index (κ1) is 40.1. The highest BCUT2D eigenvalue weighted by Crippen LogP contribution is 2.33. The molecular formula is C35H54FN5O7. The Morgan fingerprint density at radius 1 is 0.958 bits per heavy atom. The first-order chi connectivity index (χ1) is 22.4. The van der Waals surface area contributed by atoms with Crippen LogP contribution in [-0.2, 0) is 35.3 Å². The van der Waals surface area contributed by atoms with Gasteiger partial charge in [-0.25, -0.2) is 14.0 Å². The Balaban J connectivity index is 2.26. The van der Waals surface area contributed by atoms with E-state index in [-0.39, 0.29) is 43.9 Å². The molecule has 0 aromatic heterocycles. The molecule has 1 aromatic carbocycles. The molecule has 5 atom stereocenters. The lowest BCUT2D eigenvalue weighted by Crippen LogP contribution is -2.62. The van der Waals surface area contributed by atoms with Crippen LogP contribution in [0.25, 0.3) is 0 Å². The van der Waals surface area contributed by atoms with E-state index in [1.807, 2.05) is 20.8 Å². The van der Waals surface area contributed by atoms with Gasteiger partial charge < -0.3 is 30.9 Å². The second-order valence-electron chi connectivity index (χ2n) is 14.1. The van der Waals surface area contributed by atoms with Crippen LogP contribution in [0.5, 0.6) is 0 Å². The highest BCUT2D eigenvalue weighted by Gasteiger charge is 2.47. The number of likely N-dealkylation sites (tertiary alicyclic amines) is 1. The van der Waals surface area contributed by atoms with Gasteiger partial charge in [-0.15, -0.1) is 0 Å². The zero-order valence-corrected chi connectivity index (χ0v) is 29.8. The van der Waals surface area contributed by atoms with Gasteiger partial charge in [-0.3, -0.25) is 19.2 Å². The molecule has 1 aliphatic heterocycles. The Morgan fingerprint density at radius 2 is 1.58 bits per heavy atom. The van der Waals surface area contributed by atoms with Gasteiger partial charge in [0.05, 0.1) is 6.04 Å². The molecule has 0 bridgehead atoms. The minimum absolute atomic E-state index is 0.0133. The second-order valence-corrected chi connectivity index (χ2v) is 14.1. The number of hydrogen-bond acceptors (Lipinski definition) is 7. The number of Topliss-reactive ketones (excluding diaryl/α,β-unsaturated/α-hetero) is 1. The van der Waals surface area contributed by atoms with Crippen molar-refractivity contribution in [3.05, 3.63) is 35.6 Å². The van der Waals surface area contributed by atoms with E-state index in [2.05, 4.69) is 21.3 Å². The monoisotopic (exact) mass is 675 g/mol. The Kier molecular flexibility index (Phi) is 15.0. The third kappa shape index (κ3) is 11.0. The molecule has 0 aliphatic carbocycles.